The van der Waals surface area contributed by atoms with E-state index in [2.05, 4.69) is 20.3 Å². The molecule has 5 nitrogen and oxygen atoms in total. The Hall–Kier alpha value is -2.31. The molecule has 2 heterocycles. The number of aryl methyl sites for hydroxylation is 1. The normalized spacial score (nSPS) is 10.7. The van der Waals surface area contributed by atoms with Gasteiger partial charge in [-0.05, 0) is 13.0 Å². The fourth-order valence-electron chi connectivity index (χ4n) is 1.44. The van der Waals surface area contributed by atoms with Crippen LogP contribution >= 0.6 is 0 Å². The molecule has 0 spiro atoms. The Kier molecular flexibility index (Phi) is 3.84. The first-order valence-electron chi connectivity index (χ1n) is 5.63. The first-order valence-corrected chi connectivity index (χ1v) is 5.63. The molecule has 0 bridgehead atoms. The molecule has 0 saturated carbocycles. The molecule has 0 aliphatic heterocycles. The Morgan fingerprint density at radius 3 is 2.37 bits per heavy atom. The number of anilines is 2. The molecular formula is C12H13F2N5. The molecule has 2 aromatic heterocycles. The topological polar surface area (TPSA) is 76.7 Å². The second-order valence-electron chi connectivity index (χ2n) is 3.97. The summed E-state index contributed by atoms with van der Waals surface area (Å²) in [6, 6.07) is 1.77. The first kappa shape index (κ1) is 13.1. The summed E-state index contributed by atoms with van der Waals surface area (Å²) in [5.41, 5.74) is 8.61. The lowest BCUT2D eigenvalue weighted by molar-refractivity contribution is 0.163. The highest BCUT2D eigenvalue weighted by Crippen LogP contribution is 2.21. The molecule has 19 heavy (non-hydrogen) atoms. The number of nitrogens with zero attached hydrogens (tertiary/aromatic N) is 3. The lowest BCUT2D eigenvalue weighted by atomic mass is 10.1. The predicted molar refractivity (Wildman–Crippen MR) is 68.9 cm³/mol. The molecule has 0 atom stereocenters. The number of rotatable bonds is 4. The van der Waals surface area contributed by atoms with Gasteiger partial charge in [0.15, 0.2) is 0 Å². The maximum atomic E-state index is 12.0. The van der Waals surface area contributed by atoms with Crippen LogP contribution in [0.3, 0.4) is 0 Å². The minimum absolute atomic E-state index is 0.164. The van der Waals surface area contributed by atoms with Crippen molar-refractivity contribution in [3.05, 3.63) is 30.4 Å². The number of nitrogens with one attached hydrogen (secondary N) is 1. The Bertz CT molecular complexity index is 557. The van der Waals surface area contributed by atoms with Crippen LogP contribution in [0.2, 0.25) is 0 Å². The van der Waals surface area contributed by atoms with Gasteiger partial charge in [0.2, 0.25) is 5.95 Å². The summed E-state index contributed by atoms with van der Waals surface area (Å²) in [5.74, 6) is 0.164. The average molecular weight is 265 g/mol. The number of alkyl halides is 2. The Morgan fingerprint density at radius 2 is 1.79 bits per heavy atom. The van der Waals surface area contributed by atoms with Crippen LogP contribution in [0.4, 0.5) is 20.4 Å². The van der Waals surface area contributed by atoms with E-state index in [0.717, 1.165) is 16.8 Å². The maximum Gasteiger partial charge on any atom is 0.255 e. The zero-order valence-corrected chi connectivity index (χ0v) is 10.3. The summed E-state index contributed by atoms with van der Waals surface area (Å²) in [6.07, 6.45) is 2.29. The number of nitrogen functional groups attached to an aromatic ring is 1. The SMILES string of the molecule is Cc1ncc(-c2cnc(NCC(F)F)nc2)cc1N. The monoisotopic (exact) mass is 265 g/mol. The van der Waals surface area contributed by atoms with Crippen LogP contribution in [0.15, 0.2) is 24.7 Å². The summed E-state index contributed by atoms with van der Waals surface area (Å²) < 4.78 is 24.0. The van der Waals surface area contributed by atoms with E-state index in [1.807, 2.05) is 6.92 Å². The third kappa shape index (κ3) is 3.34. The van der Waals surface area contributed by atoms with Crippen molar-refractivity contribution in [1.82, 2.24) is 15.0 Å². The Balaban J connectivity index is 2.15. The average Bonchev–Trinajstić information content (AvgIpc) is 2.40. The second kappa shape index (κ2) is 5.55. The van der Waals surface area contributed by atoms with E-state index < -0.39 is 13.0 Å². The molecule has 100 valence electrons. The van der Waals surface area contributed by atoms with E-state index in [-0.39, 0.29) is 5.95 Å². The summed E-state index contributed by atoms with van der Waals surface area (Å²) >= 11 is 0. The van der Waals surface area contributed by atoms with Crippen LogP contribution in [0, 0.1) is 6.92 Å². The fraction of sp³-hybridized carbons (Fsp3) is 0.250. The van der Waals surface area contributed by atoms with Crippen molar-refractivity contribution >= 4 is 11.6 Å². The number of aromatic nitrogens is 3. The third-order valence-electron chi connectivity index (χ3n) is 2.53. The van der Waals surface area contributed by atoms with Gasteiger partial charge in [0.1, 0.15) is 0 Å². The lowest BCUT2D eigenvalue weighted by Gasteiger charge is -2.06. The van der Waals surface area contributed by atoms with Gasteiger partial charge in [-0.2, -0.15) is 0 Å². The van der Waals surface area contributed by atoms with Crippen molar-refractivity contribution in [2.75, 3.05) is 17.6 Å². The number of hydrogen-bond acceptors (Lipinski definition) is 5. The van der Waals surface area contributed by atoms with Crippen molar-refractivity contribution < 1.29 is 8.78 Å². The second-order valence-corrected chi connectivity index (χ2v) is 3.97. The van der Waals surface area contributed by atoms with Crippen molar-refractivity contribution in [2.45, 2.75) is 13.3 Å². The molecule has 0 amide bonds. The quantitative estimate of drug-likeness (QED) is 0.885. The van der Waals surface area contributed by atoms with Crippen LogP contribution in [0.5, 0.6) is 0 Å². The van der Waals surface area contributed by atoms with Gasteiger partial charge in [-0.1, -0.05) is 0 Å². The van der Waals surface area contributed by atoms with Crippen molar-refractivity contribution in [2.24, 2.45) is 0 Å². The van der Waals surface area contributed by atoms with E-state index in [1.54, 1.807) is 12.3 Å². The highest BCUT2D eigenvalue weighted by atomic mass is 19.3. The Labute approximate surface area is 108 Å². The molecule has 0 fully saturated rings. The summed E-state index contributed by atoms with van der Waals surface area (Å²) in [6.45, 7) is 1.34. The minimum Gasteiger partial charge on any atom is -0.397 e. The van der Waals surface area contributed by atoms with Crippen LogP contribution in [0.25, 0.3) is 11.1 Å². The molecule has 7 heteroatoms. The first-order chi connectivity index (χ1) is 9.06. The predicted octanol–water partition coefficient (Wildman–Crippen LogP) is 2.11. The van der Waals surface area contributed by atoms with E-state index in [4.69, 9.17) is 5.73 Å². The van der Waals surface area contributed by atoms with E-state index in [0.29, 0.717) is 5.69 Å². The van der Waals surface area contributed by atoms with Crippen LogP contribution < -0.4 is 11.1 Å². The maximum absolute atomic E-state index is 12.0. The number of pyridine rings is 1. The molecule has 2 aromatic rings. The van der Waals surface area contributed by atoms with Crippen LogP contribution in [0.1, 0.15) is 5.69 Å². The van der Waals surface area contributed by atoms with E-state index in [9.17, 15) is 8.78 Å². The van der Waals surface area contributed by atoms with Gasteiger partial charge in [0.25, 0.3) is 6.43 Å². The Morgan fingerprint density at radius 1 is 1.16 bits per heavy atom. The van der Waals surface area contributed by atoms with E-state index in [1.165, 1.54) is 12.4 Å². The highest BCUT2D eigenvalue weighted by molar-refractivity contribution is 5.65. The van der Waals surface area contributed by atoms with Gasteiger partial charge in [0.05, 0.1) is 17.9 Å². The van der Waals surface area contributed by atoms with E-state index >= 15 is 0 Å². The van der Waals surface area contributed by atoms with Gasteiger partial charge in [-0.3, -0.25) is 4.98 Å². The lowest BCUT2D eigenvalue weighted by Crippen LogP contribution is -2.12. The largest absolute Gasteiger partial charge is 0.397 e. The highest BCUT2D eigenvalue weighted by Gasteiger charge is 2.05. The van der Waals surface area contributed by atoms with Gasteiger partial charge < -0.3 is 11.1 Å². The smallest absolute Gasteiger partial charge is 0.255 e. The summed E-state index contributed by atoms with van der Waals surface area (Å²) in [5, 5.41) is 2.43. The van der Waals surface area contributed by atoms with Crippen LogP contribution in [-0.4, -0.2) is 27.9 Å². The van der Waals surface area contributed by atoms with Crippen molar-refractivity contribution in [3.8, 4) is 11.1 Å². The number of hydrogen-bond donors (Lipinski definition) is 2. The van der Waals surface area contributed by atoms with Gasteiger partial charge in [-0.25, -0.2) is 18.7 Å². The zero-order chi connectivity index (χ0) is 13.8. The zero-order valence-electron chi connectivity index (χ0n) is 10.3. The molecule has 2 rings (SSSR count). The van der Waals surface area contributed by atoms with Crippen molar-refractivity contribution in [1.29, 1.82) is 0 Å². The minimum atomic E-state index is -2.44. The van der Waals surface area contributed by atoms with Crippen molar-refractivity contribution in [3.63, 3.8) is 0 Å². The summed E-state index contributed by atoms with van der Waals surface area (Å²) in [4.78, 5) is 12.1. The van der Waals surface area contributed by atoms with Crippen LogP contribution in [-0.2, 0) is 0 Å². The molecule has 0 saturated heterocycles. The molecule has 0 aliphatic carbocycles. The number of halogens is 2. The molecule has 0 aliphatic rings. The number of nitrogens with two attached hydrogens (primary N) is 1. The summed E-state index contributed by atoms with van der Waals surface area (Å²) in [7, 11) is 0. The molecule has 0 aromatic carbocycles. The molecule has 3 N–H and O–H groups in total. The van der Waals surface area contributed by atoms with Gasteiger partial charge >= 0.3 is 0 Å². The molecular weight excluding hydrogens is 252 g/mol. The standard InChI is InChI=1S/C12H13F2N5/c1-7-10(15)2-8(3-16-7)9-4-17-12(18-5-9)19-6-11(13)14/h2-5,11H,6,15H2,1H3,(H,17,18,19). The third-order valence-corrected chi connectivity index (χ3v) is 2.53. The molecule has 0 unspecified atom stereocenters. The fourth-order valence-corrected chi connectivity index (χ4v) is 1.44. The van der Waals surface area contributed by atoms with Gasteiger partial charge in [-0.15, -0.1) is 0 Å². The van der Waals surface area contributed by atoms with Gasteiger partial charge in [0, 0.05) is 29.7 Å². The molecule has 0 radical (unpaired) electrons.